The number of pyridine rings is 1. The van der Waals surface area contributed by atoms with E-state index in [4.69, 9.17) is 5.11 Å². The van der Waals surface area contributed by atoms with Gasteiger partial charge in [0, 0.05) is 18.9 Å². The molecule has 0 saturated heterocycles. The first kappa shape index (κ1) is 16.6. The molecule has 0 amide bonds. The Balaban J connectivity index is 2.30. The van der Waals surface area contributed by atoms with E-state index in [1.807, 2.05) is 24.5 Å². The van der Waals surface area contributed by atoms with E-state index in [1.165, 1.54) is 5.56 Å². The third kappa shape index (κ3) is 5.70. The molecule has 0 unspecified atom stereocenters. The van der Waals surface area contributed by atoms with Gasteiger partial charge in [0.15, 0.2) is 0 Å². The molecule has 1 aromatic rings. The first-order chi connectivity index (χ1) is 9.45. The van der Waals surface area contributed by atoms with Crippen LogP contribution >= 0.6 is 0 Å². The van der Waals surface area contributed by atoms with E-state index < -0.39 is 11.4 Å². The molecular formula is C16H26N2O2. The molecule has 1 aromatic heterocycles. The van der Waals surface area contributed by atoms with E-state index in [1.54, 1.807) is 13.8 Å². The van der Waals surface area contributed by atoms with Crippen LogP contribution in [0.2, 0.25) is 0 Å². The average Bonchev–Trinajstić information content (AvgIpc) is 2.43. The van der Waals surface area contributed by atoms with E-state index in [9.17, 15) is 4.79 Å². The fourth-order valence-electron chi connectivity index (χ4n) is 2.10. The molecule has 4 heteroatoms. The first-order valence-corrected chi connectivity index (χ1v) is 7.30. The molecule has 1 heterocycles. The van der Waals surface area contributed by atoms with E-state index in [0.717, 1.165) is 38.9 Å². The smallest absolute Gasteiger partial charge is 0.309 e. The molecule has 0 aliphatic carbocycles. The fraction of sp³-hybridized carbons (Fsp3) is 0.625. The Morgan fingerprint density at radius 1 is 1.30 bits per heavy atom. The number of aromatic nitrogens is 1. The Kier molecular flexibility index (Phi) is 6.65. The Morgan fingerprint density at radius 2 is 1.95 bits per heavy atom. The molecule has 20 heavy (non-hydrogen) atoms. The molecule has 4 nitrogen and oxygen atoms in total. The molecule has 0 atom stereocenters. The van der Waals surface area contributed by atoms with Gasteiger partial charge in [0.2, 0.25) is 0 Å². The number of hydrogen-bond donors (Lipinski definition) is 1. The van der Waals surface area contributed by atoms with Gasteiger partial charge in [-0.3, -0.25) is 14.7 Å². The van der Waals surface area contributed by atoms with Gasteiger partial charge in [0.25, 0.3) is 0 Å². The second-order valence-electron chi connectivity index (χ2n) is 5.87. The summed E-state index contributed by atoms with van der Waals surface area (Å²) in [5.41, 5.74) is 0.662. The predicted octanol–water partition coefficient (Wildman–Crippen LogP) is 3.18. The summed E-state index contributed by atoms with van der Waals surface area (Å²) >= 11 is 0. The molecular weight excluding hydrogens is 252 g/mol. The van der Waals surface area contributed by atoms with Crippen LogP contribution in [-0.2, 0) is 11.3 Å². The van der Waals surface area contributed by atoms with Crippen LogP contribution in [0.15, 0.2) is 24.5 Å². The van der Waals surface area contributed by atoms with Crippen molar-refractivity contribution in [2.45, 2.75) is 46.6 Å². The van der Waals surface area contributed by atoms with Gasteiger partial charge in [-0.1, -0.05) is 13.3 Å². The lowest BCUT2D eigenvalue weighted by Crippen LogP contribution is -2.26. The number of unbranched alkanes of at least 4 members (excludes halogenated alkanes) is 1. The monoisotopic (exact) mass is 278 g/mol. The van der Waals surface area contributed by atoms with Crippen molar-refractivity contribution in [3.05, 3.63) is 30.1 Å². The zero-order valence-electron chi connectivity index (χ0n) is 12.8. The lowest BCUT2D eigenvalue weighted by Gasteiger charge is -2.22. The topological polar surface area (TPSA) is 53.4 Å². The highest BCUT2D eigenvalue weighted by Gasteiger charge is 2.26. The number of carbonyl (C=O) groups is 1. The van der Waals surface area contributed by atoms with Gasteiger partial charge >= 0.3 is 5.97 Å². The third-order valence-electron chi connectivity index (χ3n) is 3.71. The first-order valence-electron chi connectivity index (χ1n) is 7.30. The standard InChI is InChI=1S/C16H26N2O2/c1-4-18(13-14-7-10-17-11-8-14)12-6-5-9-16(2,3)15(19)20/h7-8,10-11H,4-6,9,12-13H2,1-3H3,(H,19,20). The number of carboxylic acid groups (broad SMARTS) is 1. The van der Waals surface area contributed by atoms with Gasteiger partial charge in [-0.2, -0.15) is 0 Å². The number of rotatable bonds is 9. The molecule has 1 N–H and O–H groups in total. The highest BCUT2D eigenvalue weighted by Crippen LogP contribution is 2.23. The van der Waals surface area contributed by atoms with Crippen LogP contribution in [0.25, 0.3) is 0 Å². The maximum absolute atomic E-state index is 11.0. The van der Waals surface area contributed by atoms with Crippen molar-refractivity contribution in [2.75, 3.05) is 13.1 Å². The van der Waals surface area contributed by atoms with Gasteiger partial charge < -0.3 is 5.11 Å². The van der Waals surface area contributed by atoms with Crippen molar-refractivity contribution < 1.29 is 9.90 Å². The van der Waals surface area contributed by atoms with Gasteiger partial charge in [0.05, 0.1) is 5.41 Å². The molecule has 0 saturated carbocycles. The van der Waals surface area contributed by atoms with Crippen molar-refractivity contribution in [1.29, 1.82) is 0 Å². The van der Waals surface area contributed by atoms with Crippen LogP contribution in [0.5, 0.6) is 0 Å². The quantitative estimate of drug-likeness (QED) is 0.705. The zero-order chi connectivity index (χ0) is 15.0. The lowest BCUT2D eigenvalue weighted by molar-refractivity contribution is -0.147. The normalized spacial score (nSPS) is 11.8. The highest BCUT2D eigenvalue weighted by molar-refractivity contribution is 5.73. The SMILES string of the molecule is CCN(CCCCC(C)(C)C(=O)O)Cc1ccncc1. The summed E-state index contributed by atoms with van der Waals surface area (Å²) in [7, 11) is 0. The minimum atomic E-state index is -0.707. The molecule has 0 aliphatic heterocycles. The van der Waals surface area contributed by atoms with E-state index in [-0.39, 0.29) is 0 Å². The summed E-state index contributed by atoms with van der Waals surface area (Å²) in [6, 6.07) is 4.08. The summed E-state index contributed by atoms with van der Waals surface area (Å²) in [5.74, 6) is -0.707. The summed E-state index contributed by atoms with van der Waals surface area (Å²) in [4.78, 5) is 17.4. The summed E-state index contributed by atoms with van der Waals surface area (Å²) in [6.45, 7) is 8.69. The van der Waals surface area contributed by atoms with Crippen molar-refractivity contribution in [2.24, 2.45) is 5.41 Å². The maximum atomic E-state index is 11.0. The van der Waals surface area contributed by atoms with E-state index >= 15 is 0 Å². The maximum Gasteiger partial charge on any atom is 0.309 e. The third-order valence-corrected chi connectivity index (χ3v) is 3.71. The highest BCUT2D eigenvalue weighted by atomic mass is 16.4. The Morgan fingerprint density at radius 3 is 2.50 bits per heavy atom. The number of nitrogens with zero attached hydrogens (tertiary/aromatic N) is 2. The summed E-state index contributed by atoms with van der Waals surface area (Å²) < 4.78 is 0. The molecule has 0 bridgehead atoms. The molecule has 0 aliphatic rings. The van der Waals surface area contributed by atoms with E-state index in [0.29, 0.717) is 0 Å². The van der Waals surface area contributed by atoms with Crippen molar-refractivity contribution >= 4 is 5.97 Å². The Labute approximate surface area is 121 Å². The van der Waals surface area contributed by atoms with E-state index in [2.05, 4.69) is 16.8 Å². The Hall–Kier alpha value is -1.42. The molecule has 0 spiro atoms. The van der Waals surface area contributed by atoms with Gasteiger partial charge in [0.1, 0.15) is 0 Å². The van der Waals surface area contributed by atoms with Crippen LogP contribution in [-0.4, -0.2) is 34.0 Å². The largest absolute Gasteiger partial charge is 0.481 e. The van der Waals surface area contributed by atoms with Crippen molar-refractivity contribution in [3.63, 3.8) is 0 Å². The van der Waals surface area contributed by atoms with Gasteiger partial charge in [-0.15, -0.1) is 0 Å². The van der Waals surface area contributed by atoms with Crippen LogP contribution in [0, 0.1) is 5.41 Å². The predicted molar refractivity (Wildman–Crippen MR) is 80.5 cm³/mol. The second kappa shape index (κ2) is 8.00. The van der Waals surface area contributed by atoms with Crippen molar-refractivity contribution in [3.8, 4) is 0 Å². The van der Waals surface area contributed by atoms with Gasteiger partial charge in [-0.25, -0.2) is 0 Å². The minimum absolute atomic E-state index is 0.609. The van der Waals surface area contributed by atoms with Crippen molar-refractivity contribution in [1.82, 2.24) is 9.88 Å². The molecule has 0 aromatic carbocycles. The average molecular weight is 278 g/mol. The molecule has 0 fully saturated rings. The van der Waals surface area contributed by atoms with Crippen LogP contribution < -0.4 is 0 Å². The molecule has 0 radical (unpaired) electrons. The van der Waals surface area contributed by atoms with Crippen LogP contribution in [0.1, 0.15) is 45.6 Å². The number of carboxylic acids is 1. The van der Waals surface area contributed by atoms with Crippen LogP contribution in [0.4, 0.5) is 0 Å². The number of hydrogen-bond acceptors (Lipinski definition) is 3. The van der Waals surface area contributed by atoms with Gasteiger partial charge in [-0.05, 0) is 57.5 Å². The number of aliphatic carboxylic acids is 1. The van der Waals surface area contributed by atoms with Crippen LogP contribution in [0.3, 0.4) is 0 Å². The minimum Gasteiger partial charge on any atom is -0.481 e. The summed E-state index contributed by atoms with van der Waals surface area (Å²) in [5, 5.41) is 9.07. The summed E-state index contributed by atoms with van der Waals surface area (Å²) in [6.07, 6.45) is 6.36. The molecule has 112 valence electrons. The second-order valence-corrected chi connectivity index (χ2v) is 5.87. The Bertz CT molecular complexity index is 404. The zero-order valence-corrected chi connectivity index (χ0v) is 12.8. The fourth-order valence-corrected chi connectivity index (χ4v) is 2.10. The molecule has 1 rings (SSSR count). The lowest BCUT2D eigenvalue weighted by atomic mass is 9.87.